The Morgan fingerprint density at radius 1 is 1.42 bits per heavy atom. The molecule has 1 amide bonds. The van der Waals surface area contributed by atoms with Crippen LogP contribution in [0.2, 0.25) is 0 Å². The van der Waals surface area contributed by atoms with Crippen LogP contribution in [0.3, 0.4) is 0 Å². The number of carboxylic acids is 1. The van der Waals surface area contributed by atoms with Crippen LogP contribution in [0, 0.1) is 5.82 Å². The lowest BCUT2D eigenvalue weighted by Gasteiger charge is -2.21. The number of aliphatic carboxylic acids is 1. The number of amides is 1. The summed E-state index contributed by atoms with van der Waals surface area (Å²) in [7, 11) is 1.92. The smallest absolute Gasteiger partial charge is 0.322 e. The summed E-state index contributed by atoms with van der Waals surface area (Å²) in [6.45, 7) is 3.80. The van der Waals surface area contributed by atoms with E-state index in [0.717, 1.165) is 11.6 Å². The number of hydrogen-bond acceptors (Lipinski definition) is 5. The van der Waals surface area contributed by atoms with Gasteiger partial charge in [0.25, 0.3) is 5.91 Å². The lowest BCUT2D eigenvalue weighted by atomic mass is 9.87. The molecule has 1 aliphatic heterocycles. The second-order valence-electron chi connectivity index (χ2n) is 6.22. The molecule has 1 heterocycles. The van der Waals surface area contributed by atoms with Crippen molar-refractivity contribution in [2.75, 3.05) is 13.6 Å². The maximum Gasteiger partial charge on any atom is 0.322 e. The summed E-state index contributed by atoms with van der Waals surface area (Å²) in [5.41, 5.74) is 9.49. The van der Waals surface area contributed by atoms with Crippen molar-refractivity contribution in [3.8, 4) is 0 Å². The Bertz CT molecular complexity index is 640. The van der Waals surface area contributed by atoms with Crippen LogP contribution in [0.1, 0.15) is 35.7 Å². The largest absolute Gasteiger partial charge is 0.480 e. The number of benzene rings is 1. The van der Waals surface area contributed by atoms with E-state index in [-0.39, 0.29) is 30.1 Å². The van der Waals surface area contributed by atoms with Crippen molar-refractivity contribution in [3.63, 3.8) is 0 Å². The van der Waals surface area contributed by atoms with Crippen LogP contribution in [-0.4, -0.2) is 53.7 Å². The van der Waals surface area contributed by atoms with Crippen LogP contribution in [-0.2, 0) is 4.79 Å². The molecule has 0 bridgehead atoms. The summed E-state index contributed by atoms with van der Waals surface area (Å²) < 4.78 is 14.0. The van der Waals surface area contributed by atoms with E-state index in [4.69, 9.17) is 10.8 Å². The number of nitrogens with one attached hydrogen (secondary N) is 2. The first-order valence-corrected chi connectivity index (χ1v) is 7.76. The van der Waals surface area contributed by atoms with Crippen LogP contribution in [0.5, 0.6) is 0 Å². The molecule has 24 heavy (non-hydrogen) atoms. The molecule has 7 nitrogen and oxygen atoms in total. The number of carboxylic acid groups (broad SMARTS) is 1. The molecular weight excluding hydrogens is 315 g/mol. The van der Waals surface area contributed by atoms with E-state index in [1.807, 2.05) is 25.9 Å². The predicted molar refractivity (Wildman–Crippen MR) is 86.9 cm³/mol. The van der Waals surface area contributed by atoms with Crippen molar-refractivity contribution in [1.82, 2.24) is 15.8 Å². The predicted octanol–water partition coefficient (Wildman–Crippen LogP) is 0.278. The van der Waals surface area contributed by atoms with Gasteiger partial charge in [-0.2, -0.15) is 0 Å². The molecule has 1 aromatic rings. The topological polar surface area (TPSA) is 108 Å². The van der Waals surface area contributed by atoms with Gasteiger partial charge in [0, 0.05) is 37.2 Å². The Morgan fingerprint density at radius 2 is 2.08 bits per heavy atom. The summed E-state index contributed by atoms with van der Waals surface area (Å²) >= 11 is 0. The van der Waals surface area contributed by atoms with Crippen LogP contribution >= 0.6 is 0 Å². The minimum Gasteiger partial charge on any atom is -0.480 e. The average molecular weight is 338 g/mol. The molecule has 2 rings (SSSR count). The Kier molecular flexibility index (Phi) is 5.53. The van der Waals surface area contributed by atoms with Crippen LogP contribution in [0.15, 0.2) is 18.2 Å². The van der Waals surface area contributed by atoms with E-state index in [2.05, 4.69) is 10.7 Å². The summed E-state index contributed by atoms with van der Waals surface area (Å²) in [5.74, 6) is -2.24. The van der Waals surface area contributed by atoms with Gasteiger partial charge >= 0.3 is 5.97 Å². The highest BCUT2D eigenvalue weighted by atomic mass is 19.1. The van der Waals surface area contributed by atoms with E-state index >= 15 is 0 Å². The summed E-state index contributed by atoms with van der Waals surface area (Å²) in [4.78, 5) is 22.9. The third-order valence-corrected chi connectivity index (χ3v) is 4.44. The van der Waals surface area contributed by atoms with Crippen LogP contribution in [0.4, 0.5) is 4.39 Å². The normalized spacial score (nSPS) is 25.5. The number of halogens is 1. The summed E-state index contributed by atoms with van der Waals surface area (Å²) in [6.07, 6.45) is 0. The van der Waals surface area contributed by atoms with Crippen LogP contribution in [0.25, 0.3) is 0 Å². The Balaban J connectivity index is 2.19. The number of carbonyl (C=O) groups excluding carboxylic acids is 1. The number of carbonyl (C=O) groups is 2. The fourth-order valence-electron chi connectivity index (χ4n) is 3.07. The number of hydrogen-bond donors (Lipinski definition) is 4. The van der Waals surface area contributed by atoms with Gasteiger partial charge in [-0.1, -0.05) is 0 Å². The minimum absolute atomic E-state index is 0.0264. The third-order valence-electron chi connectivity index (χ3n) is 4.44. The standard InChI is InChI=1S/C16H23FN4O3/c1-8-14(9(2)21(3)20-8)10-4-11(6-12(17)5-10)15(22)19-7-13(18)16(23)24/h4-6,8-9,13-14,20H,7,18H2,1-3H3,(H,19,22)(H,23,24)/t8?,9?,13-,14?/m1/s1. The van der Waals surface area contributed by atoms with Gasteiger partial charge in [0.05, 0.1) is 0 Å². The van der Waals surface area contributed by atoms with Gasteiger partial charge < -0.3 is 16.2 Å². The second kappa shape index (κ2) is 7.25. The molecule has 1 aliphatic rings. The fraction of sp³-hybridized carbons (Fsp3) is 0.500. The van der Waals surface area contributed by atoms with Crippen molar-refractivity contribution in [2.24, 2.45) is 5.73 Å². The maximum atomic E-state index is 14.0. The number of nitrogens with two attached hydrogens (primary N) is 1. The molecular formula is C16H23FN4O3. The molecule has 132 valence electrons. The molecule has 1 fully saturated rings. The van der Waals surface area contributed by atoms with Crippen molar-refractivity contribution < 1.29 is 19.1 Å². The van der Waals surface area contributed by atoms with E-state index in [9.17, 15) is 14.0 Å². The molecule has 0 spiro atoms. The first-order valence-electron chi connectivity index (χ1n) is 7.76. The average Bonchev–Trinajstić information content (AvgIpc) is 2.76. The highest BCUT2D eigenvalue weighted by Gasteiger charge is 2.35. The van der Waals surface area contributed by atoms with Crippen molar-refractivity contribution in [1.29, 1.82) is 0 Å². The van der Waals surface area contributed by atoms with E-state index in [1.54, 1.807) is 6.07 Å². The van der Waals surface area contributed by atoms with Gasteiger partial charge in [0.2, 0.25) is 0 Å². The number of likely N-dealkylation sites (N-methyl/N-ethyl adjacent to an activating group) is 1. The van der Waals surface area contributed by atoms with Crippen molar-refractivity contribution >= 4 is 11.9 Å². The van der Waals surface area contributed by atoms with E-state index in [1.165, 1.54) is 6.07 Å². The molecule has 4 atom stereocenters. The molecule has 0 aliphatic carbocycles. The molecule has 0 aromatic heterocycles. The highest BCUT2D eigenvalue weighted by molar-refractivity contribution is 5.94. The minimum atomic E-state index is -1.21. The zero-order chi connectivity index (χ0) is 18.0. The van der Waals surface area contributed by atoms with Gasteiger partial charge in [-0.15, -0.1) is 0 Å². The zero-order valence-corrected chi connectivity index (χ0v) is 13.9. The highest BCUT2D eigenvalue weighted by Crippen LogP contribution is 2.31. The maximum absolute atomic E-state index is 14.0. The van der Waals surface area contributed by atoms with E-state index < -0.39 is 23.7 Å². The summed E-state index contributed by atoms with van der Waals surface area (Å²) in [6, 6.07) is 3.24. The first kappa shape index (κ1) is 18.3. The molecule has 0 saturated carbocycles. The number of rotatable bonds is 5. The SMILES string of the molecule is CC1NN(C)C(C)C1c1cc(F)cc(C(=O)NC[C@@H](N)C(=O)O)c1. The van der Waals surface area contributed by atoms with Gasteiger partial charge in [-0.25, -0.2) is 9.40 Å². The first-order chi connectivity index (χ1) is 11.2. The van der Waals surface area contributed by atoms with Gasteiger partial charge in [0.15, 0.2) is 0 Å². The molecule has 1 aromatic carbocycles. The van der Waals surface area contributed by atoms with Crippen molar-refractivity contribution in [2.45, 2.75) is 37.9 Å². The van der Waals surface area contributed by atoms with Crippen LogP contribution < -0.4 is 16.5 Å². The Morgan fingerprint density at radius 3 is 2.62 bits per heavy atom. The molecule has 0 radical (unpaired) electrons. The lowest BCUT2D eigenvalue weighted by molar-refractivity contribution is -0.138. The molecule has 1 saturated heterocycles. The molecule has 8 heteroatoms. The Hall–Kier alpha value is -2.03. The third kappa shape index (κ3) is 3.89. The van der Waals surface area contributed by atoms with Gasteiger partial charge in [-0.05, 0) is 37.6 Å². The van der Waals surface area contributed by atoms with Crippen molar-refractivity contribution in [3.05, 3.63) is 35.1 Å². The fourth-order valence-corrected chi connectivity index (χ4v) is 3.07. The van der Waals surface area contributed by atoms with Gasteiger partial charge in [-0.3, -0.25) is 15.0 Å². The number of hydrazine groups is 1. The molecule has 3 unspecified atom stereocenters. The lowest BCUT2D eigenvalue weighted by Crippen LogP contribution is -2.42. The second-order valence-corrected chi connectivity index (χ2v) is 6.22. The molecule has 5 N–H and O–H groups in total. The quantitative estimate of drug-likeness (QED) is 0.614. The monoisotopic (exact) mass is 338 g/mol. The zero-order valence-electron chi connectivity index (χ0n) is 13.9. The van der Waals surface area contributed by atoms with Gasteiger partial charge in [0.1, 0.15) is 11.9 Å². The Labute approximate surface area is 140 Å². The summed E-state index contributed by atoms with van der Waals surface area (Å²) in [5, 5.41) is 13.1. The number of nitrogens with zero attached hydrogens (tertiary/aromatic N) is 1. The van der Waals surface area contributed by atoms with E-state index in [0.29, 0.717) is 0 Å².